The lowest BCUT2D eigenvalue weighted by molar-refractivity contribution is 0.536. The molecule has 1 aromatic rings. The van der Waals surface area contributed by atoms with Gasteiger partial charge >= 0.3 is 0 Å². The van der Waals surface area contributed by atoms with Crippen LogP contribution in [0.2, 0.25) is 0 Å². The first-order chi connectivity index (χ1) is 8.07. The van der Waals surface area contributed by atoms with Gasteiger partial charge in [-0.2, -0.15) is 0 Å². The summed E-state index contributed by atoms with van der Waals surface area (Å²) in [6, 6.07) is 9.40. The summed E-state index contributed by atoms with van der Waals surface area (Å²) in [6.07, 6.45) is 1.89. The van der Waals surface area contributed by atoms with Gasteiger partial charge in [-0.3, -0.25) is 0 Å². The fraction of sp³-hybridized carbons (Fsp3) is 0.538. The van der Waals surface area contributed by atoms with E-state index in [-0.39, 0.29) is 17.5 Å². The van der Waals surface area contributed by atoms with Crippen LogP contribution in [-0.4, -0.2) is 27.3 Å². The van der Waals surface area contributed by atoms with Crippen LogP contribution in [-0.2, 0) is 15.6 Å². The third-order valence-electron chi connectivity index (χ3n) is 2.73. The van der Waals surface area contributed by atoms with Crippen LogP contribution in [0.3, 0.4) is 0 Å². The molecule has 0 aliphatic carbocycles. The summed E-state index contributed by atoms with van der Waals surface area (Å²) in [5, 5.41) is 3.07. The van der Waals surface area contributed by atoms with E-state index in [1.807, 2.05) is 37.4 Å². The zero-order valence-corrected chi connectivity index (χ0v) is 11.3. The van der Waals surface area contributed by atoms with E-state index in [1.165, 1.54) is 0 Å². The second-order valence-corrected chi connectivity index (χ2v) is 6.42. The van der Waals surface area contributed by atoms with Crippen LogP contribution in [0.1, 0.15) is 25.3 Å². The van der Waals surface area contributed by atoms with Crippen LogP contribution in [0.5, 0.6) is 0 Å². The fourth-order valence-electron chi connectivity index (χ4n) is 1.85. The molecule has 1 rings (SSSR count). The fourth-order valence-corrected chi connectivity index (χ4v) is 3.62. The lowest BCUT2D eigenvalue weighted by Crippen LogP contribution is -2.33. The van der Waals surface area contributed by atoms with Crippen molar-refractivity contribution >= 4 is 9.84 Å². The average Bonchev–Trinajstić information content (AvgIpc) is 2.29. The number of hydrogen-bond donors (Lipinski definition) is 1. The summed E-state index contributed by atoms with van der Waals surface area (Å²) in [5.41, 5.74) is 0.860. The Morgan fingerprint density at radius 1 is 1.24 bits per heavy atom. The van der Waals surface area contributed by atoms with Crippen molar-refractivity contribution in [2.45, 2.75) is 31.6 Å². The third kappa shape index (κ3) is 5.33. The van der Waals surface area contributed by atoms with E-state index in [4.69, 9.17) is 0 Å². The highest BCUT2D eigenvalue weighted by atomic mass is 32.2. The van der Waals surface area contributed by atoms with E-state index in [2.05, 4.69) is 12.2 Å². The standard InChI is InChI=1S/C13H21NO2S/c1-3-7-13(14-2)11-17(15,16)10-12-8-5-4-6-9-12/h4-6,8-9,13-14H,3,7,10-11H2,1-2H3. The van der Waals surface area contributed by atoms with Crippen LogP contribution in [0.4, 0.5) is 0 Å². The van der Waals surface area contributed by atoms with E-state index < -0.39 is 9.84 Å². The second-order valence-electron chi connectivity index (χ2n) is 4.31. The van der Waals surface area contributed by atoms with E-state index in [9.17, 15) is 8.42 Å². The van der Waals surface area contributed by atoms with Crippen LogP contribution in [0.25, 0.3) is 0 Å². The van der Waals surface area contributed by atoms with Gasteiger partial charge in [0.2, 0.25) is 0 Å². The first-order valence-electron chi connectivity index (χ1n) is 5.99. The molecule has 0 aliphatic heterocycles. The van der Waals surface area contributed by atoms with Gasteiger partial charge in [-0.25, -0.2) is 8.42 Å². The highest BCUT2D eigenvalue weighted by molar-refractivity contribution is 7.90. The van der Waals surface area contributed by atoms with E-state index in [0.29, 0.717) is 0 Å². The number of rotatable bonds is 7. The molecule has 0 aromatic heterocycles. The Kier molecular flexibility index (Phi) is 5.65. The summed E-state index contributed by atoms with van der Waals surface area (Å²) in [5.74, 6) is 0.349. The van der Waals surface area contributed by atoms with Gasteiger partial charge in [0.15, 0.2) is 9.84 Å². The molecule has 4 heteroatoms. The van der Waals surface area contributed by atoms with Gasteiger partial charge in [-0.05, 0) is 19.0 Å². The lowest BCUT2D eigenvalue weighted by Gasteiger charge is -2.15. The molecule has 96 valence electrons. The molecular formula is C13H21NO2S. The minimum Gasteiger partial charge on any atom is -0.316 e. The minimum atomic E-state index is -3.03. The molecule has 0 saturated carbocycles. The van der Waals surface area contributed by atoms with E-state index >= 15 is 0 Å². The maximum absolute atomic E-state index is 12.0. The van der Waals surface area contributed by atoms with Crippen molar-refractivity contribution in [3.63, 3.8) is 0 Å². The topological polar surface area (TPSA) is 46.2 Å². The summed E-state index contributed by atoms with van der Waals surface area (Å²) < 4.78 is 24.0. The van der Waals surface area contributed by atoms with Crippen LogP contribution in [0, 0.1) is 0 Å². The van der Waals surface area contributed by atoms with Crippen molar-refractivity contribution in [1.82, 2.24) is 5.32 Å². The number of benzene rings is 1. The first-order valence-corrected chi connectivity index (χ1v) is 7.81. The Labute approximate surface area is 104 Å². The molecule has 1 unspecified atom stereocenters. The van der Waals surface area contributed by atoms with Gasteiger partial charge in [-0.15, -0.1) is 0 Å². The summed E-state index contributed by atoms with van der Waals surface area (Å²) in [4.78, 5) is 0. The van der Waals surface area contributed by atoms with Crippen molar-refractivity contribution in [1.29, 1.82) is 0 Å². The Bertz CT molecular complexity index is 414. The van der Waals surface area contributed by atoms with Crippen LogP contribution in [0.15, 0.2) is 30.3 Å². The number of hydrogen-bond acceptors (Lipinski definition) is 3. The Morgan fingerprint density at radius 3 is 2.41 bits per heavy atom. The zero-order chi connectivity index (χ0) is 12.7. The quantitative estimate of drug-likeness (QED) is 0.810. The minimum absolute atomic E-state index is 0.0636. The predicted octanol–water partition coefficient (Wildman–Crippen LogP) is 1.99. The molecule has 0 spiro atoms. The van der Waals surface area contributed by atoms with Crippen LogP contribution < -0.4 is 5.32 Å². The van der Waals surface area contributed by atoms with Crippen molar-refractivity contribution in [2.24, 2.45) is 0 Å². The van der Waals surface area contributed by atoms with Gasteiger partial charge in [-0.1, -0.05) is 43.7 Å². The largest absolute Gasteiger partial charge is 0.316 e. The molecule has 1 atom stereocenters. The van der Waals surface area contributed by atoms with Crippen molar-refractivity contribution in [2.75, 3.05) is 12.8 Å². The van der Waals surface area contributed by atoms with Crippen molar-refractivity contribution < 1.29 is 8.42 Å². The molecule has 0 aliphatic rings. The number of sulfone groups is 1. The Hall–Kier alpha value is -0.870. The molecule has 1 N–H and O–H groups in total. The summed E-state index contributed by atoms with van der Waals surface area (Å²) >= 11 is 0. The summed E-state index contributed by atoms with van der Waals surface area (Å²) in [7, 11) is -1.21. The third-order valence-corrected chi connectivity index (χ3v) is 4.41. The lowest BCUT2D eigenvalue weighted by atomic mass is 10.2. The maximum Gasteiger partial charge on any atom is 0.155 e. The number of nitrogens with one attached hydrogen (secondary N) is 1. The molecule has 17 heavy (non-hydrogen) atoms. The highest BCUT2D eigenvalue weighted by Gasteiger charge is 2.17. The van der Waals surface area contributed by atoms with Gasteiger partial charge in [0, 0.05) is 6.04 Å². The van der Waals surface area contributed by atoms with E-state index in [0.717, 1.165) is 18.4 Å². The van der Waals surface area contributed by atoms with E-state index in [1.54, 1.807) is 0 Å². The highest BCUT2D eigenvalue weighted by Crippen LogP contribution is 2.09. The smallest absolute Gasteiger partial charge is 0.155 e. The van der Waals surface area contributed by atoms with Gasteiger partial charge in [0.05, 0.1) is 11.5 Å². The van der Waals surface area contributed by atoms with Crippen molar-refractivity contribution in [3.05, 3.63) is 35.9 Å². The first kappa shape index (κ1) is 14.2. The molecular weight excluding hydrogens is 234 g/mol. The molecule has 0 amide bonds. The molecule has 0 radical (unpaired) electrons. The Balaban J connectivity index is 2.63. The second kappa shape index (κ2) is 6.77. The normalized spacial score (nSPS) is 13.5. The molecule has 0 fully saturated rings. The molecule has 1 aromatic carbocycles. The average molecular weight is 255 g/mol. The van der Waals surface area contributed by atoms with Gasteiger partial charge < -0.3 is 5.32 Å². The Morgan fingerprint density at radius 2 is 1.88 bits per heavy atom. The summed E-state index contributed by atoms with van der Waals surface area (Å²) in [6.45, 7) is 2.06. The van der Waals surface area contributed by atoms with Crippen molar-refractivity contribution in [3.8, 4) is 0 Å². The molecule has 0 saturated heterocycles. The van der Waals surface area contributed by atoms with Gasteiger partial charge in [0.25, 0.3) is 0 Å². The van der Waals surface area contributed by atoms with Gasteiger partial charge in [0.1, 0.15) is 0 Å². The predicted molar refractivity (Wildman–Crippen MR) is 71.7 cm³/mol. The molecule has 0 heterocycles. The maximum atomic E-state index is 12.0. The monoisotopic (exact) mass is 255 g/mol. The zero-order valence-electron chi connectivity index (χ0n) is 10.5. The molecule has 0 bridgehead atoms. The SMILES string of the molecule is CCCC(CS(=O)(=O)Cc1ccccc1)NC. The molecule has 3 nitrogen and oxygen atoms in total. The van der Waals surface area contributed by atoms with Crippen LogP contribution >= 0.6 is 0 Å².